The molecule has 1 heterocycles. The van der Waals surface area contributed by atoms with Crippen molar-refractivity contribution in [2.24, 2.45) is 5.92 Å². The number of nitrogens with zero attached hydrogens (tertiary/aromatic N) is 1. The Hall–Kier alpha value is -0.120. The molecule has 1 rings (SSSR count). The average Bonchev–Trinajstić information content (AvgIpc) is 2.43. The van der Waals surface area contributed by atoms with Crippen LogP contribution in [0.3, 0.4) is 0 Å². The Bertz CT molecular complexity index is 130. The lowest BCUT2D eigenvalue weighted by Crippen LogP contribution is -2.22. The van der Waals surface area contributed by atoms with Gasteiger partial charge in [0.15, 0.2) is 0 Å². The lowest BCUT2D eigenvalue weighted by Gasteiger charge is -2.12. The summed E-state index contributed by atoms with van der Waals surface area (Å²) in [6.45, 7) is 6.16. The molecule has 0 aliphatic carbocycles. The maximum atomic E-state index is 9.65. The van der Waals surface area contributed by atoms with Gasteiger partial charge in [-0.3, -0.25) is 0 Å². The van der Waals surface area contributed by atoms with Crippen LogP contribution < -0.4 is 5.32 Å². The van der Waals surface area contributed by atoms with Crippen molar-refractivity contribution < 1.29 is 5.11 Å². The lowest BCUT2D eigenvalue weighted by molar-refractivity contribution is 0.138. The molecule has 0 radical (unpaired) electrons. The van der Waals surface area contributed by atoms with Crippen LogP contribution in [-0.2, 0) is 0 Å². The van der Waals surface area contributed by atoms with Crippen LogP contribution in [0.5, 0.6) is 0 Å². The topological polar surface area (TPSA) is 35.5 Å². The molecule has 12 heavy (non-hydrogen) atoms. The highest BCUT2D eigenvalue weighted by Gasteiger charge is 2.29. The molecule has 1 saturated heterocycles. The molecule has 0 spiro atoms. The van der Waals surface area contributed by atoms with E-state index >= 15 is 0 Å². The molecule has 3 heteroatoms. The van der Waals surface area contributed by atoms with Crippen molar-refractivity contribution in [2.75, 3.05) is 33.2 Å². The van der Waals surface area contributed by atoms with Crippen molar-refractivity contribution in [1.82, 2.24) is 10.2 Å². The predicted molar refractivity (Wildman–Crippen MR) is 50.2 cm³/mol. The monoisotopic (exact) mass is 172 g/mol. The molecular formula is C9H20N2O. The van der Waals surface area contributed by atoms with Crippen LogP contribution in [0.25, 0.3) is 0 Å². The van der Waals surface area contributed by atoms with Crippen LogP contribution in [0.2, 0.25) is 0 Å². The van der Waals surface area contributed by atoms with Gasteiger partial charge in [0.2, 0.25) is 0 Å². The van der Waals surface area contributed by atoms with E-state index in [1.54, 1.807) is 0 Å². The van der Waals surface area contributed by atoms with E-state index in [1.807, 2.05) is 7.05 Å². The summed E-state index contributed by atoms with van der Waals surface area (Å²) in [6.07, 6.45) is 0.993. The van der Waals surface area contributed by atoms with Gasteiger partial charge in [-0.15, -0.1) is 0 Å². The molecule has 0 aromatic rings. The van der Waals surface area contributed by atoms with Crippen molar-refractivity contribution in [3.63, 3.8) is 0 Å². The van der Waals surface area contributed by atoms with Gasteiger partial charge in [-0.05, 0) is 32.5 Å². The molecule has 72 valence electrons. The second-order valence-electron chi connectivity index (χ2n) is 3.57. The number of rotatable bonds is 4. The Balaban J connectivity index is 2.25. The highest BCUT2D eigenvalue weighted by Crippen LogP contribution is 2.19. The van der Waals surface area contributed by atoms with Crippen LogP contribution in [0.4, 0.5) is 0 Å². The minimum absolute atomic E-state index is 0.0988. The average molecular weight is 172 g/mol. The van der Waals surface area contributed by atoms with E-state index in [1.165, 1.54) is 0 Å². The minimum atomic E-state index is -0.0988. The van der Waals surface area contributed by atoms with E-state index in [0.717, 1.165) is 32.6 Å². The first-order valence-corrected chi connectivity index (χ1v) is 4.83. The van der Waals surface area contributed by atoms with Gasteiger partial charge in [0.1, 0.15) is 0 Å². The van der Waals surface area contributed by atoms with Gasteiger partial charge in [0.25, 0.3) is 0 Å². The molecule has 2 atom stereocenters. The van der Waals surface area contributed by atoms with Gasteiger partial charge >= 0.3 is 0 Å². The molecule has 0 saturated carbocycles. The molecule has 3 nitrogen and oxygen atoms in total. The fourth-order valence-electron chi connectivity index (χ4n) is 1.81. The van der Waals surface area contributed by atoms with E-state index in [2.05, 4.69) is 17.1 Å². The summed E-state index contributed by atoms with van der Waals surface area (Å²) in [4.78, 5) is 2.31. The number of aliphatic hydroxyl groups is 1. The number of β-amino-alcohol motifs (C(OH)–C–C–N with tert-alkyl or cyclic N) is 1. The second kappa shape index (κ2) is 4.80. The highest BCUT2D eigenvalue weighted by atomic mass is 16.3. The number of nitrogens with one attached hydrogen (secondary N) is 1. The summed E-state index contributed by atoms with van der Waals surface area (Å²) in [5, 5.41) is 12.8. The minimum Gasteiger partial charge on any atom is -0.391 e. The molecular weight excluding hydrogens is 152 g/mol. The third-order valence-corrected chi connectivity index (χ3v) is 2.69. The molecule has 1 aliphatic heterocycles. The largest absolute Gasteiger partial charge is 0.391 e. The molecule has 2 unspecified atom stereocenters. The standard InChI is InChI=1S/C9H20N2O/c1-3-11-6-8(4-5-10-2)9(12)7-11/h8-10,12H,3-7H2,1-2H3. The van der Waals surface area contributed by atoms with Crippen LogP contribution in [0, 0.1) is 5.92 Å². The Kier molecular flexibility index (Phi) is 3.98. The summed E-state index contributed by atoms with van der Waals surface area (Å²) in [7, 11) is 1.96. The second-order valence-corrected chi connectivity index (χ2v) is 3.57. The smallest absolute Gasteiger partial charge is 0.0707 e. The fourth-order valence-corrected chi connectivity index (χ4v) is 1.81. The van der Waals surface area contributed by atoms with Crippen LogP contribution >= 0.6 is 0 Å². The van der Waals surface area contributed by atoms with Crippen molar-refractivity contribution >= 4 is 0 Å². The van der Waals surface area contributed by atoms with Crippen LogP contribution in [0.15, 0.2) is 0 Å². The van der Waals surface area contributed by atoms with Crippen LogP contribution in [-0.4, -0.2) is 49.3 Å². The zero-order valence-electron chi connectivity index (χ0n) is 8.08. The van der Waals surface area contributed by atoms with Crippen molar-refractivity contribution in [3.05, 3.63) is 0 Å². The Morgan fingerprint density at radius 2 is 2.25 bits per heavy atom. The van der Waals surface area contributed by atoms with Gasteiger partial charge in [0, 0.05) is 13.1 Å². The first-order valence-electron chi connectivity index (χ1n) is 4.83. The van der Waals surface area contributed by atoms with Gasteiger partial charge in [-0.25, -0.2) is 0 Å². The number of hydrogen-bond donors (Lipinski definition) is 2. The number of aliphatic hydroxyl groups excluding tert-OH is 1. The summed E-state index contributed by atoms with van der Waals surface area (Å²) in [6, 6.07) is 0. The first-order chi connectivity index (χ1) is 5.77. The normalized spacial score (nSPS) is 31.2. The van der Waals surface area contributed by atoms with Crippen molar-refractivity contribution in [3.8, 4) is 0 Å². The molecule has 0 bridgehead atoms. The van der Waals surface area contributed by atoms with Crippen molar-refractivity contribution in [2.45, 2.75) is 19.4 Å². The van der Waals surface area contributed by atoms with Gasteiger partial charge in [-0.1, -0.05) is 6.92 Å². The Morgan fingerprint density at radius 3 is 2.75 bits per heavy atom. The summed E-state index contributed by atoms with van der Waals surface area (Å²) in [5.41, 5.74) is 0. The van der Waals surface area contributed by atoms with E-state index in [0.29, 0.717) is 5.92 Å². The highest BCUT2D eigenvalue weighted by molar-refractivity contribution is 4.83. The van der Waals surface area contributed by atoms with E-state index in [4.69, 9.17) is 0 Å². The van der Waals surface area contributed by atoms with Crippen molar-refractivity contribution in [1.29, 1.82) is 0 Å². The number of likely N-dealkylation sites (tertiary alicyclic amines) is 1. The van der Waals surface area contributed by atoms with Gasteiger partial charge in [-0.2, -0.15) is 0 Å². The Labute approximate surface area is 74.8 Å². The summed E-state index contributed by atoms with van der Waals surface area (Å²) >= 11 is 0. The van der Waals surface area contributed by atoms with Gasteiger partial charge < -0.3 is 15.3 Å². The summed E-state index contributed by atoms with van der Waals surface area (Å²) in [5.74, 6) is 0.484. The predicted octanol–water partition coefficient (Wildman–Crippen LogP) is -0.0915. The molecule has 2 N–H and O–H groups in total. The first kappa shape index (κ1) is 9.96. The summed E-state index contributed by atoms with van der Waals surface area (Å²) < 4.78 is 0. The zero-order chi connectivity index (χ0) is 8.97. The molecule has 1 fully saturated rings. The SMILES string of the molecule is CCN1CC(O)C(CCNC)C1. The fraction of sp³-hybridized carbons (Fsp3) is 1.00. The maximum absolute atomic E-state index is 9.65. The lowest BCUT2D eigenvalue weighted by atomic mass is 10.0. The molecule has 0 aromatic heterocycles. The molecule has 0 aromatic carbocycles. The number of likely N-dealkylation sites (N-methyl/N-ethyl adjacent to an activating group) is 1. The zero-order valence-corrected chi connectivity index (χ0v) is 8.08. The third-order valence-electron chi connectivity index (χ3n) is 2.69. The van der Waals surface area contributed by atoms with E-state index in [-0.39, 0.29) is 6.10 Å². The van der Waals surface area contributed by atoms with Gasteiger partial charge in [0.05, 0.1) is 6.10 Å². The quantitative estimate of drug-likeness (QED) is 0.622. The van der Waals surface area contributed by atoms with E-state index in [9.17, 15) is 5.11 Å². The third kappa shape index (κ3) is 2.44. The Morgan fingerprint density at radius 1 is 1.50 bits per heavy atom. The molecule has 0 amide bonds. The van der Waals surface area contributed by atoms with E-state index < -0.39 is 0 Å². The molecule has 1 aliphatic rings. The van der Waals surface area contributed by atoms with Crippen LogP contribution in [0.1, 0.15) is 13.3 Å². The number of hydrogen-bond acceptors (Lipinski definition) is 3. The maximum Gasteiger partial charge on any atom is 0.0707 e.